The van der Waals surface area contributed by atoms with Crippen molar-refractivity contribution in [2.45, 2.75) is 12.8 Å². The highest BCUT2D eigenvalue weighted by Gasteiger charge is 2.06. The molecule has 0 saturated carbocycles. The number of ether oxygens (including phenoxy) is 1. The summed E-state index contributed by atoms with van der Waals surface area (Å²) in [6.45, 7) is 0.105. The molecule has 0 unspecified atom stereocenters. The number of benzene rings is 1. The molecule has 0 heterocycles. The fraction of sp³-hybridized carbons (Fsp3) is 0.273. The van der Waals surface area contributed by atoms with Gasteiger partial charge in [-0.1, -0.05) is 11.6 Å². The zero-order valence-corrected chi connectivity index (χ0v) is 9.24. The number of carboxylic acid groups (broad SMARTS) is 1. The van der Waals surface area contributed by atoms with Crippen molar-refractivity contribution < 1.29 is 19.4 Å². The zero-order chi connectivity index (χ0) is 12.0. The quantitative estimate of drug-likeness (QED) is 0.636. The summed E-state index contributed by atoms with van der Waals surface area (Å²) in [6.07, 6.45) is 0.308. The Balaban J connectivity index is 2.35. The van der Waals surface area contributed by atoms with E-state index < -0.39 is 11.9 Å². The molecule has 0 fully saturated rings. The summed E-state index contributed by atoms with van der Waals surface area (Å²) in [4.78, 5) is 21.6. The molecule has 1 aromatic rings. The second-order valence-electron chi connectivity index (χ2n) is 3.14. The lowest BCUT2D eigenvalue weighted by atomic mass is 10.2. The van der Waals surface area contributed by atoms with E-state index in [2.05, 4.69) is 0 Å². The highest BCUT2D eigenvalue weighted by Crippen LogP contribution is 2.10. The van der Waals surface area contributed by atoms with Crippen molar-refractivity contribution in [3.8, 4) is 0 Å². The van der Waals surface area contributed by atoms with Crippen LogP contribution in [0.25, 0.3) is 0 Å². The molecule has 1 rings (SSSR count). The Morgan fingerprint density at radius 3 is 2.44 bits per heavy atom. The van der Waals surface area contributed by atoms with Crippen molar-refractivity contribution in [1.82, 2.24) is 0 Å². The second-order valence-corrected chi connectivity index (χ2v) is 3.58. The summed E-state index contributed by atoms with van der Waals surface area (Å²) < 4.78 is 4.87. The fourth-order valence-electron chi connectivity index (χ4n) is 1.06. The van der Waals surface area contributed by atoms with Crippen molar-refractivity contribution in [3.05, 3.63) is 34.9 Å². The zero-order valence-electron chi connectivity index (χ0n) is 8.48. The third-order valence-electron chi connectivity index (χ3n) is 1.85. The third kappa shape index (κ3) is 4.31. The van der Waals surface area contributed by atoms with E-state index in [-0.39, 0.29) is 13.0 Å². The van der Waals surface area contributed by atoms with Crippen molar-refractivity contribution in [3.63, 3.8) is 0 Å². The predicted molar refractivity (Wildman–Crippen MR) is 58.6 cm³/mol. The van der Waals surface area contributed by atoms with E-state index in [9.17, 15) is 9.59 Å². The number of hydrogen-bond acceptors (Lipinski definition) is 3. The first-order valence-electron chi connectivity index (χ1n) is 4.74. The van der Waals surface area contributed by atoms with Gasteiger partial charge in [-0.05, 0) is 30.7 Å². The first-order chi connectivity index (χ1) is 7.59. The van der Waals surface area contributed by atoms with Gasteiger partial charge < -0.3 is 9.84 Å². The van der Waals surface area contributed by atoms with Gasteiger partial charge >= 0.3 is 11.9 Å². The highest BCUT2D eigenvalue weighted by molar-refractivity contribution is 6.30. The van der Waals surface area contributed by atoms with Gasteiger partial charge in [0.1, 0.15) is 0 Å². The number of carbonyl (C=O) groups is 2. The van der Waals surface area contributed by atoms with Crippen LogP contribution in [0.3, 0.4) is 0 Å². The molecule has 0 saturated heterocycles. The molecular weight excluding hydrogens is 232 g/mol. The van der Waals surface area contributed by atoms with Crippen LogP contribution in [0.4, 0.5) is 0 Å². The van der Waals surface area contributed by atoms with Crippen molar-refractivity contribution in [2.24, 2.45) is 0 Å². The Bertz CT molecular complexity index is 372. The van der Waals surface area contributed by atoms with E-state index in [1.54, 1.807) is 24.3 Å². The molecule has 16 heavy (non-hydrogen) atoms. The summed E-state index contributed by atoms with van der Waals surface area (Å²) in [7, 11) is 0. The van der Waals surface area contributed by atoms with Crippen molar-refractivity contribution in [1.29, 1.82) is 0 Å². The largest absolute Gasteiger partial charge is 0.481 e. The molecule has 0 spiro atoms. The Labute approximate surface area is 97.8 Å². The molecule has 0 radical (unpaired) electrons. The fourth-order valence-corrected chi connectivity index (χ4v) is 1.18. The SMILES string of the molecule is O=C(O)CCCOC(=O)c1ccc(Cl)cc1. The molecule has 1 N–H and O–H groups in total. The maximum atomic E-state index is 11.4. The standard InChI is InChI=1S/C11H11ClO4/c12-9-5-3-8(4-6-9)11(15)16-7-1-2-10(13)14/h3-6H,1-2,7H2,(H,13,14). The third-order valence-corrected chi connectivity index (χ3v) is 2.10. The first kappa shape index (κ1) is 12.5. The number of rotatable bonds is 5. The van der Waals surface area contributed by atoms with Gasteiger partial charge in [0.15, 0.2) is 0 Å². The molecule has 0 aliphatic heterocycles. The minimum absolute atomic E-state index is 0.00605. The summed E-state index contributed by atoms with van der Waals surface area (Å²) >= 11 is 5.66. The van der Waals surface area contributed by atoms with Gasteiger partial charge in [-0.2, -0.15) is 0 Å². The monoisotopic (exact) mass is 242 g/mol. The Morgan fingerprint density at radius 1 is 1.25 bits per heavy atom. The lowest BCUT2D eigenvalue weighted by Gasteiger charge is -2.03. The molecule has 1 aromatic carbocycles. The van der Waals surface area contributed by atoms with Crippen LogP contribution in [0.5, 0.6) is 0 Å². The number of carbonyl (C=O) groups excluding carboxylic acids is 1. The molecule has 86 valence electrons. The second kappa shape index (κ2) is 6.12. The minimum atomic E-state index is -0.900. The lowest BCUT2D eigenvalue weighted by molar-refractivity contribution is -0.137. The summed E-state index contributed by atoms with van der Waals surface area (Å²) in [6, 6.07) is 6.30. The molecule has 0 aliphatic carbocycles. The topological polar surface area (TPSA) is 63.6 Å². The van der Waals surface area contributed by atoms with Crippen LogP contribution in [0.15, 0.2) is 24.3 Å². The maximum Gasteiger partial charge on any atom is 0.338 e. The predicted octanol–water partition coefficient (Wildman–Crippen LogP) is 2.36. The van der Waals surface area contributed by atoms with Crippen LogP contribution in [0.2, 0.25) is 5.02 Å². The van der Waals surface area contributed by atoms with Crippen LogP contribution in [-0.2, 0) is 9.53 Å². The van der Waals surface area contributed by atoms with Gasteiger partial charge in [-0.15, -0.1) is 0 Å². The molecule has 0 atom stereocenters. The van der Waals surface area contributed by atoms with Crippen LogP contribution in [-0.4, -0.2) is 23.7 Å². The maximum absolute atomic E-state index is 11.4. The average Bonchev–Trinajstić information content (AvgIpc) is 2.25. The number of hydrogen-bond donors (Lipinski definition) is 1. The summed E-state index contributed by atoms with van der Waals surface area (Å²) in [5, 5.41) is 8.92. The van der Waals surface area contributed by atoms with Crippen LogP contribution in [0.1, 0.15) is 23.2 Å². The van der Waals surface area contributed by atoms with Gasteiger partial charge in [-0.25, -0.2) is 4.79 Å². The van der Waals surface area contributed by atoms with E-state index in [1.807, 2.05) is 0 Å². The number of halogens is 1. The Morgan fingerprint density at radius 2 is 1.88 bits per heavy atom. The van der Waals surface area contributed by atoms with Gasteiger partial charge in [0, 0.05) is 11.4 Å². The number of aliphatic carboxylic acids is 1. The minimum Gasteiger partial charge on any atom is -0.481 e. The molecular formula is C11H11ClO4. The first-order valence-corrected chi connectivity index (χ1v) is 5.12. The van der Waals surface area contributed by atoms with Crippen LogP contribution < -0.4 is 0 Å². The average molecular weight is 243 g/mol. The molecule has 5 heteroatoms. The Kier molecular flexibility index (Phi) is 4.79. The van der Waals surface area contributed by atoms with E-state index in [4.69, 9.17) is 21.4 Å². The molecule has 4 nitrogen and oxygen atoms in total. The van der Waals surface area contributed by atoms with E-state index >= 15 is 0 Å². The number of carboxylic acids is 1. The molecule has 0 aromatic heterocycles. The van der Waals surface area contributed by atoms with Crippen LogP contribution in [0, 0.1) is 0 Å². The van der Waals surface area contributed by atoms with E-state index in [1.165, 1.54) is 0 Å². The van der Waals surface area contributed by atoms with Crippen molar-refractivity contribution in [2.75, 3.05) is 6.61 Å². The highest BCUT2D eigenvalue weighted by atomic mass is 35.5. The van der Waals surface area contributed by atoms with Gasteiger partial charge in [0.25, 0.3) is 0 Å². The molecule has 0 amide bonds. The van der Waals surface area contributed by atoms with Gasteiger partial charge in [0.05, 0.1) is 12.2 Å². The Hall–Kier alpha value is -1.55. The van der Waals surface area contributed by atoms with Gasteiger partial charge in [-0.3, -0.25) is 4.79 Å². The van der Waals surface area contributed by atoms with E-state index in [0.29, 0.717) is 17.0 Å². The van der Waals surface area contributed by atoms with Gasteiger partial charge in [0.2, 0.25) is 0 Å². The molecule has 0 aliphatic rings. The van der Waals surface area contributed by atoms with Crippen molar-refractivity contribution >= 4 is 23.5 Å². The van der Waals surface area contributed by atoms with E-state index in [0.717, 1.165) is 0 Å². The summed E-state index contributed by atoms with van der Waals surface area (Å²) in [5.41, 5.74) is 0.403. The lowest BCUT2D eigenvalue weighted by Crippen LogP contribution is -2.07. The normalized spacial score (nSPS) is 9.81. The molecule has 0 bridgehead atoms. The smallest absolute Gasteiger partial charge is 0.338 e. The summed E-state index contributed by atoms with van der Waals surface area (Å²) in [5.74, 6) is -1.37. The van der Waals surface area contributed by atoms with Crippen LogP contribution >= 0.6 is 11.6 Å². The number of esters is 1.